The number of imidazole rings is 1. The molecule has 0 saturated carbocycles. The van der Waals surface area contributed by atoms with E-state index in [1.54, 1.807) is 17.8 Å². The lowest BCUT2D eigenvalue weighted by molar-refractivity contribution is 0.0521. The highest BCUT2D eigenvalue weighted by Crippen LogP contribution is 2.14. The van der Waals surface area contributed by atoms with E-state index in [9.17, 15) is 4.79 Å². The molecule has 1 aromatic heterocycles. The first-order valence-electron chi connectivity index (χ1n) is 6.15. The van der Waals surface area contributed by atoms with Gasteiger partial charge in [-0.05, 0) is 19.4 Å². The molecule has 0 unspecified atom stereocenters. The van der Waals surface area contributed by atoms with Crippen LogP contribution in [0.25, 0.3) is 0 Å². The summed E-state index contributed by atoms with van der Waals surface area (Å²) in [5.41, 5.74) is 8.39. The number of nitrogens with two attached hydrogens (primary N) is 1. The van der Waals surface area contributed by atoms with E-state index in [1.807, 2.05) is 31.2 Å². The average molecular weight is 259 g/mol. The van der Waals surface area contributed by atoms with Gasteiger partial charge in [0, 0.05) is 0 Å². The van der Waals surface area contributed by atoms with Crippen LogP contribution in [0.1, 0.15) is 28.5 Å². The predicted octanol–water partition coefficient (Wildman–Crippen LogP) is 2.00. The van der Waals surface area contributed by atoms with Crippen molar-refractivity contribution in [2.24, 2.45) is 0 Å². The lowest BCUT2D eigenvalue weighted by atomic mass is 10.1. The van der Waals surface area contributed by atoms with Gasteiger partial charge in [0.25, 0.3) is 0 Å². The van der Waals surface area contributed by atoms with Gasteiger partial charge in [-0.2, -0.15) is 0 Å². The normalized spacial score (nSPS) is 10.4. The van der Waals surface area contributed by atoms with Crippen molar-refractivity contribution >= 4 is 11.8 Å². The van der Waals surface area contributed by atoms with Crippen molar-refractivity contribution in [2.45, 2.75) is 20.4 Å². The van der Waals surface area contributed by atoms with E-state index < -0.39 is 5.97 Å². The number of hydrogen-bond acceptors (Lipinski definition) is 4. The van der Waals surface area contributed by atoms with Gasteiger partial charge < -0.3 is 15.0 Å². The first kappa shape index (κ1) is 13.1. The largest absolute Gasteiger partial charge is 0.461 e. The lowest BCUT2D eigenvalue weighted by Gasteiger charge is -2.06. The zero-order valence-corrected chi connectivity index (χ0v) is 11.1. The molecule has 2 rings (SSSR count). The first-order valence-corrected chi connectivity index (χ1v) is 6.15. The Labute approximate surface area is 112 Å². The van der Waals surface area contributed by atoms with Crippen molar-refractivity contribution in [2.75, 3.05) is 12.3 Å². The maximum atomic E-state index is 11.6. The number of esters is 1. The summed E-state index contributed by atoms with van der Waals surface area (Å²) < 4.78 is 6.63. The summed E-state index contributed by atoms with van der Waals surface area (Å²) in [6.45, 7) is 4.67. The molecule has 0 bridgehead atoms. The number of ether oxygens (including phenoxy) is 1. The lowest BCUT2D eigenvalue weighted by Crippen LogP contribution is -2.10. The van der Waals surface area contributed by atoms with Crippen molar-refractivity contribution in [1.82, 2.24) is 9.55 Å². The smallest absolute Gasteiger partial charge is 0.360 e. The number of carbonyl (C=O) groups is 1. The summed E-state index contributed by atoms with van der Waals surface area (Å²) in [6.07, 6.45) is 1.56. The zero-order valence-electron chi connectivity index (χ0n) is 11.1. The minimum Gasteiger partial charge on any atom is -0.461 e. The van der Waals surface area contributed by atoms with Gasteiger partial charge in [-0.3, -0.25) is 0 Å². The molecule has 0 spiro atoms. The highest BCUT2D eigenvalue weighted by atomic mass is 16.5. The van der Waals surface area contributed by atoms with Crippen LogP contribution in [0.4, 0.5) is 5.82 Å². The van der Waals surface area contributed by atoms with Crippen molar-refractivity contribution < 1.29 is 9.53 Å². The van der Waals surface area contributed by atoms with E-state index >= 15 is 0 Å². The fourth-order valence-corrected chi connectivity index (χ4v) is 1.76. The standard InChI is InChI=1S/C14H17N3O2/c1-3-19-14(18)12-13(15)17(9-16-12)8-11-6-4-10(2)5-7-11/h4-7,9H,3,8,15H2,1-2H3. The number of rotatable bonds is 4. The fraction of sp³-hybridized carbons (Fsp3) is 0.286. The molecule has 2 aromatic rings. The van der Waals surface area contributed by atoms with Gasteiger partial charge in [-0.1, -0.05) is 29.8 Å². The van der Waals surface area contributed by atoms with Gasteiger partial charge in [0.1, 0.15) is 5.82 Å². The van der Waals surface area contributed by atoms with E-state index in [2.05, 4.69) is 4.98 Å². The van der Waals surface area contributed by atoms with Gasteiger partial charge in [-0.15, -0.1) is 0 Å². The number of nitrogen functional groups attached to an aromatic ring is 1. The third kappa shape index (κ3) is 2.93. The number of aromatic nitrogens is 2. The Morgan fingerprint density at radius 2 is 2.05 bits per heavy atom. The maximum absolute atomic E-state index is 11.6. The molecule has 0 aliphatic rings. The van der Waals surface area contributed by atoms with E-state index in [-0.39, 0.29) is 5.69 Å². The van der Waals surface area contributed by atoms with Crippen LogP contribution < -0.4 is 5.73 Å². The Kier molecular flexibility index (Phi) is 3.85. The summed E-state index contributed by atoms with van der Waals surface area (Å²) in [5, 5.41) is 0. The van der Waals surface area contributed by atoms with Crippen LogP contribution in [-0.4, -0.2) is 22.1 Å². The van der Waals surface area contributed by atoms with Gasteiger partial charge >= 0.3 is 5.97 Å². The van der Waals surface area contributed by atoms with Crippen LogP contribution in [0.2, 0.25) is 0 Å². The number of nitrogens with zero attached hydrogens (tertiary/aromatic N) is 2. The van der Waals surface area contributed by atoms with Crippen molar-refractivity contribution in [3.63, 3.8) is 0 Å². The Bertz CT molecular complexity index is 573. The predicted molar refractivity (Wildman–Crippen MR) is 72.9 cm³/mol. The molecule has 0 atom stereocenters. The molecule has 1 aromatic carbocycles. The fourth-order valence-electron chi connectivity index (χ4n) is 1.76. The molecule has 19 heavy (non-hydrogen) atoms. The van der Waals surface area contributed by atoms with E-state index in [0.29, 0.717) is 19.0 Å². The molecule has 0 amide bonds. The van der Waals surface area contributed by atoms with Gasteiger partial charge in [0.15, 0.2) is 5.69 Å². The van der Waals surface area contributed by atoms with Crippen molar-refractivity contribution in [1.29, 1.82) is 0 Å². The molecule has 5 heteroatoms. The Balaban J connectivity index is 2.18. The van der Waals surface area contributed by atoms with E-state index in [1.165, 1.54) is 5.56 Å². The molecule has 0 fully saturated rings. The number of benzene rings is 1. The molecule has 0 radical (unpaired) electrons. The molecule has 1 heterocycles. The van der Waals surface area contributed by atoms with Gasteiger partial charge in [0.05, 0.1) is 19.5 Å². The Morgan fingerprint density at radius 1 is 1.37 bits per heavy atom. The molecule has 5 nitrogen and oxygen atoms in total. The number of carbonyl (C=O) groups excluding carboxylic acids is 1. The summed E-state index contributed by atoms with van der Waals surface area (Å²) in [4.78, 5) is 15.6. The second kappa shape index (κ2) is 5.56. The minimum atomic E-state index is -0.484. The molecular weight excluding hydrogens is 242 g/mol. The van der Waals surface area contributed by atoms with Crippen LogP contribution in [-0.2, 0) is 11.3 Å². The average Bonchev–Trinajstić information content (AvgIpc) is 2.74. The highest BCUT2D eigenvalue weighted by Gasteiger charge is 2.16. The third-order valence-corrected chi connectivity index (χ3v) is 2.82. The topological polar surface area (TPSA) is 70.1 Å². The first-order chi connectivity index (χ1) is 9.11. The van der Waals surface area contributed by atoms with Gasteiger partial charge in [0.2, 0.25) is 0 Å². The molecule has 0 aliphatic carbocycles. The second-order valence-electron chi connectivity index (χ2n) is 4.31. The quantitative estimate of drug-likeness (QED) is 0.852. The molecule has 0 aliphatic heterocycles. The summed E-state index contributed by atoms with van der Waals surface area (Å²) in [5.74, 6) is -0.151. The number of aryl methyl sites for hydroxylation is 1. The monoisotopic (exact) mass is 259 g/mol. The summed E-state index contributed by atoms with van der Waals surface area (Å²) in [6, 6.07) is 8.13. The van der Waals surface area contributed by atoms with Crippen molar-refractivity contribution in [3.05, 3.63) is 47.4 Å². The summed E-state index contributed by atoms with van der Waals surface area (Å²) >= 11 is 0. The van der Waals surface area contributed by atoms with Crippen molar-refractivity contribution in [3.8, 4) is 0 Å². The van der Waals surface area contributed by atoms with Crippen LogP contribution in [0.3, 0.4) is 0 Å². The van der Waals surface area contributed by atoms with Crippen LogP contribution >= 0.6 is 0 Å². The second-order valence-corrected chi connectivity index (χ2v) is 4.31. The van der Waals surface area contributed by atoms with E-state index in [4.69, 9.17) is 10.5 Å². The molecular formula is C14H17N3O2. The van der Waals surface area contributed by atoms with Gasteiger partial charge in [-0.25, -0.2) is 9.78 Å². The van der Waals surface area contributed by atoms with E-state index in [0.717, 1.165) is 5.56 Å². The molecule has 2 N–H and O–H groups in total. The van der Waals surface area contributed by atoms with Crippen LogP contribution in [0, 0.1) is 6.92 Å². The van der Waals surface area contributed by atoms with Crippen LogP contribution in [0.15, 0.2) is 30.6 Å². The summed E-state index contributed by atoms with van der Waals surface area (Å²) in [7, 11) is 0. The Hall–Kier alpha value is -2.30. The Morgan fingerprint density at radius 3 is 2.68 bits per heavy atom. The minimum absolute atomic E-state index is 0.175. The maximum Gasteiger partial charge on any atom is 0.360 e. The number of anilines is 1. The highest BCUT2D eigenvalue weighted by molar-refractivity contribution is 5.92. The molecule has 100 valence electrons. The van der Waals surface area contributed by atoms with Crippen LogP contribution in [0.5, 0.6) is 0 Å². The molecule has 0 saturated heterocycles. The SMILES string of the molecule is CCOC(=O)c1ncn(Cc2ccc(C)cc2)c1N. The number of hydrogen-bond donors (Lipinski definition) is 1. The zero-order chi connectivity index (χ0) is 13.8. The third-order valence-electron chi connectivity index (χ3n) is 2.82.